The number of nitrogens with zero attached hydrogens (tertiary/aromatic N) is 1. The molecule has 0 aromatic rings. The van der Waals surface area contributed by atoms with Gasteiger partial charge in [0.1, 0.15) is 11.5 Å². The molecule has 0 aromatic carbocycles. The molecule has 0 radical (unpaired) electrons. The standard InChI is InChI=1S/C11H19ClN2O3/c1-11(2,3)17-10(16)14-5-4-8(14)7-13-9(15)6-12/h8H,4-7H2,1-3H3,(H,13,15). The van der Waals surface area contributed by atoms with Crippen molar-refractivity contribution >= 4 is 23.6 Å². The third-order valence-corrected chi connectivity index (χ3v) is 2.67. The van der Waals surface area contributed by atoms with Gasteiger partial charge in [-0.1, -0.05) is 0 Å². The third kappa shape index (κ3) is 4.42. The molecule has 0 aliphatic carbocycles. The molecule has 1 aliphatic heterocycles. The van der Waals surface area contributed by atoms with E-state index < -0.39 is 5.60 Å². The molecule has 6 heteroatoms. The molecule has 1 rings (SSSR count). The first-order valence-electron chi connectivity index (χ1n) is 5.66. The largest absolute Gasteiger partial charge is 0.444 e. The second-order valence-corrected chi connectivity index (χ2v) is 5.32. The summed E-state index contributed by atoms with van der Waals surface area (Å²) >= 11 is 5.37. The number of rotatable bonds is 3. The second-order valence-electron chi connectivity index (χ2n) is 5.05. The fourth-order valence-corrected chi connectivity index (χ4v) is 1.59. The van der Waals surface area contributed by atoms with Crippen LogP contribution in [0.2, 0.25) is 0 Å². The van der Waals surface area contributed by atoms with Crippen LogP contribution in [0.1, 0.15) is 27.2 Å². The Morgan fingerprint density at radius 3 is 2.53 bits per heavy atom. The van der Waals surface area contributed by atoms with Crippen LogP contribution >= 0.6 is 11.6 Å². The molecule has 98 valence electrons. The van der Waals surface area contributed by atoms with Crippen LogP contribution in [-0.4, -0.2) is 47.5 Å². The summed E-state index contributed by atoms with van der Waals surface area (Å²) in [7, 11) is 0. The highest BCUT2D eigenvalue weighted by molar-refractivity contribution is 6.27. The van der Waals surface area contributed by atoms with Gasteiger partial charge in [-0.3, -0.25) is 4.79 Å². The van der Waals surface area contributed by atoms with Crippen molar-refractivity contribution in [2.45, 2.75) is 38.8 Å². The zero-order valence-corrected chi connectivity index (χ0v) is 11.2. The Balaban J connectivity index is 2.35. The SMILES string of the molecule is CC(C)(C)OC(=O)N1CCC1CNC(=O)CCl. The fraction of sp³-hybridized carbons (Fsp3) is 0.818. The highest BCUT2D eigenvalue weighted by atomic mass is 35.5. The van der Waals surface area contributed by atoms with E-state index in [9.17, 15) is 9.59 Å². The van der Waals surface area contributed by atoms with Crippen molar-refractivity contribution in [1.29, 1.82) is 0 Å². The Hall–Kier alpha value is -0.970. The van der Waals surface area contributed by atoms with E-state index in [2.05, 4.69) is 5.32 Å². The molecule has 17 heavy (non-hydrogen) atoms. The molecule has 1 aliphatic rings. The number of hydrogen-bond acceptors (Lipinski definition) is 3. The van der Waals surface area contributed by atoms with Gasteiger partial charge in [-0.2, -0.15) is 0 Å². The number of likely N-dealkylation sites (tertiary alicyclic amines) is 1. The predicted molar refractivity (Wildman–Crippen MR) is 65.1 cm³/mol. The van der Waals surface area contributed by atoms with E-state index >= 15 is 0 Å². The Morgan fingerprint density at radius 2 is 2.12 bits per heavy atom. The molecule has 0 bridgehead atoms. The predicted octanol–water partition coefficient (Wildman–Crippen LogP) is 1.35. The van der Waals surface area contributed by atoms with Gasteiger partial charge in [0.15, 0.2) is 0 Å². The number of ether oxygens (including phenoxy) is 1. The van der Waals surface area contributed by atoms with Gasteiger partial charge in [0.25, 0.3) is 0 Å². The molecule has 0 aromatic heterocycles. The van der Waals surface area contributed by atoms with Crippen molar-refractivity contribution in [2.75, 3.05) is 19.0 Å². The maximum atomic E-state index is 11.7. The van der Waals surface area contributed by atoms with Crippen LogP contribution in [0.5, 0.6) is 0 Å². The molecule has 2 amide bonds. The topological polar surface area (TPSA) is 58.6 Å². The maximum absolute atomic E-state index is 11.7. The fourth-order valence-electron chi connectivity index (χ4n) is 1.49. The summed E-state index contributed by atoms with van der Waals surface area (Å²) in [5.41, 5.74) is -0.489. The van der Waals surface area contributed by atoms with E-state index in [1.165, 1.54) is 0 Å². The normalized spacial score (nSPS) is 19.5. The molecule has 1 atom stereocenters. The molecule has 1 heterocycles. The lowest BCUT2D eigenvalue weighted by molar-refractivity contribution is -0.119. The molecule has 1 saturated heterocycles. The van der Waals surface area contributed by atoms with E-state index in [4.69, 9.17) is 16.3 Å². The van der Waals surface area contributed by atoms with Crippen LogP contribution in [-0.2, 0) is 9.53 Å². The van der Waals surface area contributed by atoms with Crippen LogP contribution in [0, 0.1) is 0 Å². The van der Waals surface area contributed by atoms with E-state index in [0.29, 0.717) is 13.1 Å². The first-order valence-corrected chi connectivity index (χ1v) is 6.19. The average Bonchev–Trinajstić information content (AvgIpc) is 2.12. The van der Waals surface area contributed by atoms with Gasteiger partial charge in [-0.15, -0.1) is 11.6 Å². The maximum Gasteiger partial charge on any atom is 0.410 e. The summed E-state index contributed by atoms with van der Waals surface area (Å²) in [4.78, 5) is 24.3. The zero-order chi connectivity index (χ0) is 13.1. The van der Waals surface area contributed by atoms with E-state index in [0.717, 1.165) is 6.42 Å². The molecule has 1 N–H and O–H groups in total. The van der Waals surface area contributed by atoms with Crippen molar-refractivity contribution in [1.82, 2.24) is 10.2 Å². The van der Waals surface area contributed by atoms with Gasteiger partial charge in [0.05, 0.1) is 6.04 Å². The number of nitrogens with one attached hydrogen (secondary N) is 1. The van der Waals surface area contributed by atoms with Crippen molar-refractivity contribution in [3.63, 3.8) is 0 Å². The number of alkyl halides is 1. The lowest BCUT2D eigenvalue weighted by atomic mass is 10.0. The van der Waals surface area contributed by atoms with Crippen molar-refractivity contribution in [3.8, 4) is 0 Å². The van der Waals surface area contributed by atoms with Crippen LogP contribution < -0.4 is 5.32 Å². The number of amides is 2. The number of carbonyl (C=O) groups excluding carboxylic acids is 2. The van der Waals surface area contributed by atoms with E-state index in [1.54, 1.807) is 4.90 Å². The summed E-state index contributed by atoms with van der Waals surface area (Å²) in [6.07, 6.45) is 0.552. The Bertz CT molecular complexity index is 302. The van der Waals surface area contributed by atoms with Gasteiger partial charge < -0.3 is 15.0 Å². The smallest absolute Gasteiger partial charge is 0.410 e. The third-order valence-electron chi connectivity index (χ3n) is 2.43. The van der Waals surface area contributed by atoms with Crippen LogP contribution in [0.25, 0.3) is 0 Å². The summed E-state index contributed by atoms with van der Waals surface area (Å²) in [6, 6.07) is 0.0250. The van der Waals surface area contributed by atoms with Gasteiger partial charge in [0.2, 0.25) is 5.91 Å². The second kappa shape index (κ2) is 5.58. The summed E-state index contributed by atoms with van der Waals surface area (Å²) in [5.74, 6) is -0.276. The molecule has 1 fully saturated rings. The van der Waals surface area contributed by atoms with E-state index in [1.807, 2.05) is 20.8 Å². The monoisotopic (exact) mass is 262 g/mol. The quantitative estimate of drug-likeness (QED) is 0.781. The first-order chi connectivity index (χ1) is 7.83. The number of hydrogen-bond donors (Lipinski definition) is 1. The Morgan fingerprint density at radius 1 is 1.47 bits per heavy atom. The molecule has 0 saturated carbocycles. The van der Waals surface area contributed by atoms with Gasteiger partial charge >= 0.3 is 6.09 Å². The molecular weight excluding hydrogens is 244 g/mol. The minimum Gasteiger partial charge on any atom is -0.444 e. The number of halogens is 1. The highest BCUT2D eigenvalue weighted by Gasteiger charge is 2.35. The lowest BCUT2D eigenvalue weighted by Crippen LogP contribution is -2.57. The lowest BCUT2D eigenvalue weighted by Gasteiger charge is -2.41. The highest BCUT2D eigenvalue weighted by Crippen LogP contribution is 2.20. The Labute approximate surface area is 106 Å². The first kappa shape index (κ1) is 14.1. The Kier molecular flexibility index (Phi) is 4.62. The van der Waals surface area contributed by atoms with Crippen molar-refractivity contribution in [2.24, 2.45) is 0 Å². The van der Waals surface area contributed by atoms with Gasteiger partial charge in [0, 0.05) is 13.1 Å². The van der Waals surface area contributed by atoms with Crippen LogP contribution in [0.4, 0.5) is 4.79 Å². The summed E-state index contributed by atoms with van der Waals surface area (Å²) < 4.78 is 5.25. The number of carbonyl (C=O) groups is 2. The minimum atomic E-state index is -0.489. The van der Waals surface area contributed by atoms with Gasteiger partial charge in [-0.05, 0) is 27.2 Å². The van der Waals surface area contributed by atoms with Gasteiger partial charge in [-0.25, -0.2) is 4.79 Å². The zero-order valence-electron chi connectivity index (χ0n) is 10.5. The average molecular weight is 263 g/mol. The molecule has 0 spiro atoms. The van der Waals surface area contributed by atoms with Crippen LogP contribution in [0.3, 0.4) is 0 Å². The van der Waals surface area contributed by atoms with E-state index in [-0.39, 0.29) is 23.9 Å². The summed E-state index contributed by atoms with van der Waals surface area (Å²) in [6.45, 7) is 6.60. The minimum absolute atomic E-state index is 0.0250. The molecule has 5 nitrogen and oxygen atoms in total. The van der Waals surface area contributed by atoms with Crippen molar-refractivity contribution < 1.29 is 14.3 Å². The molecular formula is C11H19ClN2O3. The molecule has 1 unspecified atom stereocenters. The van der Waals surface area contributed by atoms with Crippen LogP contribution in [0.15, 0.2) is 0 Å². The van der Waals surface area contributed by atoms with Crippen molar-refractivity contribution in [3.05, 3.63) is 0 Å². The summed E-state index contributed by atoms with van der Waals surface area (Å²) in [5, 5.41) is 2.66.